The van der Waals surface area contributed by atoms with E-state index in [0.29, 0.717) is 6.42 Å². The topological polar surface area (TPSA) is 50.9 Å². The summed E-state index contributed by atoms with van der Waals surface area (Å²) in [6.45, 7) is 0.726. The Kier molecular flexibility index (Phi) is 3.76. The Balaban J connectivity index is 1.73. The lowest BCUT2D eigenvalue weighted by Crippen LogP contribution is -2.38. The molecule has 1 saturated carbocycles. The van der Waals surface area contributed by atoms with Gasteiger partial charge in [-0.15, -0.1) is 0 Å². The first-order chi connectivity index (χ1) is 9.66. The molecule has 1 aliphatic carbocycles. The quantitative estimate of drug-likeness (QED) is 0.942. The lowest BCUT2D eigenvalue weighted by Gasteiger charge is -2.30. The number of rotatable bonds is 4. The van der Waals surface area contributed by atoms with Gasteiger partial charge in [0.05, 0.1) is 5.60 Å². The number of aromatic nitrogens is 3. The fourth-order valence-electron chi connectivity index (χ4n) is 3.13. The van der Waals surface area contributed by atoms with Gasteiger partial charge in [0.2, 0.25) is 0 Å². The fourth-order valence-corrected chi connectivity index (χ4v) is 3.26. The van der Waals surface area contributed by atoms with E-state index in [1.54, 1.807) is 6.33 Å². The van der Waals surface area contributed by atoms with Gasteiger partial charge in [-0.05, 0) is 30.5 Å². The lowest BCUT2D eigenvalue weighted by atomic mass is 9.85. The average Bonchev–Trinajstić information content (AvgIpc) is 3.04. The Labute approximate surface area is 123 Å². The molecule has 2 atom stereocenters. The van der Waals surface area contributed by atoms with Crippen LogP contribution in [0.2, 0.25) is 5.02 Å². The van der Waals surface area contributed by atoms with E-state index in [0.717, 1.165) is 36.4 Å². The second-order valence-electron chi connectivity index (χ2n) is 5.61. The van der Waals surface area contributed by atoms with Gasteiger partial charge in [-0.25, -0.2) is 4.98 Å². The minimum atomic E-state index is -0.653. The molecule has 106 valence electrons. The number of hydrogen-bond donors (Lipinski definition) is 1. The van der Waals surface area contributed by atoms with Crippen LogP contribution in [0.1, 0.15) is 24.8 Å². The van der Waals surface area contributed by atoms with Crippen LogP contribution < -0.4 is 0 Å². The molecular formula is C15H18ClN3O. The molecule has 1 aliphatic rings. The molecule has 0 amide bonds. The minimum Gasteiger partial charge on any atom is -0.389 e. The van der Waals surface area contributed by atoms with Gasteiger partial charge >= 0.3 is 0 Å². The molecule has 0 saturated heterocycles. The maximum absolute atomic E-state index is 11.0. The molecule has 2 aromatic rings. The second-order valence-corrected chi connectivity index (χ2v) is 6.05. The smallest absolute Gasteiger partial charge is 0.137 e. The molecule has 1 aromatic heterocycles. The maximum Gasteiger partial charge on any atom is 0.137 e. The predicted octanol–water partition coefficient (Wildman–Crippen LogP) is 2.71. The molecule has 0 aliphatic heterocycles. The lowest BCUT2D eigenvalue weighted by molar-refractivity contribution is -0.00473. The van der Waals surface area contributed by atoms with E-state index in [1.807, 2.05) is 28.9 Å². The number of benzene rings is 1. The molecule has 1 N–H and O–H groups in total. The first-order valence-electron chi connectivity index (χ1n) is 6.95. The Hall–Kier alpha value is -1.39. The Morgan fingerprint density at radius 2 is 2.15 bits per heavy atom. The van der Waals surface area contributed by atoms with Crippen molar-refractivity contribution in [3.8, 4) is 0 Å². The van der Waals surface area contributed by atoms with Gasteiger partial charge in [-0.2, -0.15) is 5.10 Å². The first-order valence-corrected chi connectivity index (χ1v) is 7.33. The van der Waals surface area contributed by atoms with Gasteiger partial charge in [-0.1, -0.05) is 30.2 Å². The van der Waals surface area contributed by atoms with Crippen LogP contribution in [-0.4, -0.2) is 25.5 Å². The third-order valence-electron chi connectivity index (χ3n) is 4.22. The Morgan fingerprint density at radius 3 is 2.85 bits per heavy atom. The van der Waals surface area contributed by atoms with Crippen LogP contribution in [0.15, 0.2) is 36.9 Å². The molecular weight excluding hydrogens is 274 g/mol. The van der Waals surface area contributed by atoms with Gasteiger partial charge in [0.1, 0.15) is 12.7 Å². The summed E-state index contributed by atoms with van der Waals surface area (Å²) >= 11 is 5.91. The van der Waals surface area contributed by atoms with E-state index in [2.05, 4.69) is 10.1 Å². The summed E-state index contributed by atoms with van der Waals surface area (Å²) in [6, 6.07) is 7.74. The van der Waals surface area contributed by atoms with Crippen molar-refractivity contribution in [2.75, 3.05) is 0 Å². The maximum atomic E-state index is 11.0. The molecule has 0 radical (unpaired) electrons. The number of aliphatic hydroxyl groups is 1. The van der Waals surface area contributed by atoms with Crippen LogP contribution in [0.25, 0.3) is 0 Å². The summed E-state index contributed by atoms with van der Waals surface area (Å²) in [6.07, 6.45) is 6.85. The third-order valence-corrected chi connectivity index (χ3v) is 4.47. The zero-order valence-corrected chi connectivity index (χ0v) is 12.0. The van der Waals surface area contributed by atoms with Crippen LogP contribution in [0.4, 0.5) is 0 Å². The van der Waals surface area contributed by atoms with Crippen LogP contribution >= 0.6 is 11.6 Å². The Bertz CT molecular complexity index is 555. The number of halogens is 1. The summed E-state index contributed by atoms with van der Waals surface area (Å²) in [5.41, 5.74) is 0.474. The third kappa shape index (κ3) is 2.86. The van der Waals surface area contributed by atoms with Crippen LogP contribution in [0.3, 0.4) is 0 Å². The van der Waals surface area contributed by atoms with Crippen molar-refractivity contribution in [1.82, 2.24) is 14.8 Å². The van der Waals surface area contributed by atoms with E-state index in [9.17, 15) is 5.11 Å². The highest BCUT2D eigenvalue weighted by molar-refractivity contribution is 6.30. The van der Waals surface area contributed by atoms with Crippen molar-refractivity contribution in [3.05, 3.63) is 47.5 Å². The monoisotopic (exact) mass is 291 g/mol. The van der Waals surface area contributed by atoms with Crippen molar-refractivity contribution in [3.63, 3.8) is 0 Å². The summed E-state index contributed by atoms with van der Waals surface area (Å²) in [7, 11) is 0. The first kappa shape index (κ1) is 13.6. The van der Waals surface area contributed by atoms with E-state index >= 15 is 0 Å². The van der Waals surface area contributed by atoms with Crippen LogP contribution in [0, 0.1) is 5.92 Å². The molecule has 0 unspecified atom stereocenters. The number of nitrogens with zero attached hydrogens (tertiary/aromatic N) is 3. The minimum absolute atomic E-state index is 0.222. The summed E-state index contributed by atoms with van der Waals surface area (Å²) in [4.78, 5) is 3.96. The van der Waals surface area contributed by atoms with E-state index in [4.69, 9.17) is 11.6 Å². The highest BCUT2D eigenvalue weighted by Crippen LogP contribution is 2.39. The van der Waals surface area contributed by atoms with Crippen molar-refractivity contribution in [2.24, 2.45) is 5.92 Å². The number of hydrogen-bond acceptors (Lipinski definition) is 3. The zero-order chi connectivity index (χ0) is 14.0. The van der Waals surface area contributed by atoms with Crippen molar-refractivity contribution < 1.29 is 5.11 Å². The van der Waals surface area contributed by atoms with Gasteiger partial charge in [0.25, 0.3) is 0 Å². The molecule has 1 aromatic carbocycles. The molecule has 3 rings (SSSR count). The average molecular weight is 292 g/mol. The van der Waals surface area contributed by atoms with E-state index < -0.39 is 5.60 Å². The van der Waals surface area contributed by atoms with E-state index in [-0.39, 0.29) is 5.92 Å². The molecule has 4 nitrogen and oxygen atoms in total. The van der Waals surface area contributed by atoms with Crippen molar-refractivity contribution in [1.29, 1.82) is 0 Å². The normalized spacial score (nSPS) is 26.0. The fraction of sp³-hybridized carbons (Fsp3) is 0.467. The standard InChI is InChI=1S/C15H18ClN3O/c16-14-5-3-12(4-6-14)8-15(20)7-1-2-13(15)9-19-11-17-10-18-19/h3-6,10-11,13,20H,1-2,7-9H2/t13-,15+/m1/s1. The molecule has 5 heteroatoms. The van der Waals surface area contributed by atoms with Gasteiger partial charge in [0, 0.05) is 23.9 Å². The second kappa shape index (κ2) is 5.54. The predicted molar refractivity (Wildman–Crippen MR) is 77.5 cm³/mol. The molecule has 1 fully saturated rings. The largest absolute Gasteiger partial charge is 0.389 e. The summed E-state index contributed by atoms with van der Waals surface area (Å²) < 4.78 is 1.81. The van der Waals surface area contributed by atoms with Crippen LogP contribution in [-0.2, 0) is 13.0 Å². The zero-order valence-electron chi connectivity index (χ0n) is 11.2. The van der Waals surface area contributed by atoms with Gasteiger partial charge < -0.3 is 5.11 Å². The van der Waals surface area contributed by atoms with Crippen molar-refractivity contribution in [2.45, 2.75) is 37.8 Å². The van der Waals surface area contributed by atoms with E-state index in [1.165, 1.54) is 6.33 Å². The highest BCUT2D eigenvalue weighted by Gasteiger charge is 2.41. The van der Waals surface area contributed by atoms with Gasteiger partial charge in [0.15, 0.2) is 0 Å². The molecule has 1 heterocycles. The van der Waals surface area contributed by atoms with Crippen molar-refractivity contribution >= 4 is 11.6 Å². The molecule has 0 bridgehead atoms. The summed E-state index contributed by atoms with van der Waals surface area (Å²) in [5.74, 6) is 0.222. The van der Waals surface area contributed by atoms with Gasteiger partial charge in [-0.3, -0.25) is 4.68 Å². The SMILES string of the molecule is O[C@]1(Cc2ccc(Cl)cc2)CCC[C@@H]1Cn1cncn1. The Morgan fingerprint density at radius 1 is 1.35 bits per heavy atom. The van der Waals surface area contributed by atoms with Crippen LogP contribution in [0.5, 0.6) is 0 Å². The summed E-state index contributed by atoms with van der Waals surface area (Å²) in [5, 5.41) is 15.8. The highest BCUT2D eigenvalue weighted by atomic mass is 35.5. The molecule has 20 heavy (non-hydrogen) atoms. The molecule has 0 spiro atoms.